The average molecular weight is 291 g/mol. The molecule has 1 N–H and O–H groups in total. The zero-order valence-corrected chi connectivity index (χ0v) is 11.8. The Bertz CT molecular complexity index is 696. The number of carbonyl (C=O) groups excluding carboxylic acids is 1. The Balaban J connectivity index is 2.92. The van der Waals surface area contributed by atoms with Crippen molar-refractivity contribution in [2.75, 3.05) is 0 Å². The van der Waals surface area contributed by atoms with Gasteiger partial charge in [0.25, 0.3) is 4.92 Å². The van der Waals surface area contributed by atoms with Crippen LogP contribution in [0.3, 0.4) is 0 Å². The first-order chi connectivity index (χ1) is 9.43. The Hall–Kier alpha value is -2.20. The maximum absolute atomic E-state index is 11.8. The van der Waals surface area contributed by atoms with Gasteiger partial charge < -0.3 is 0 Å². The second kappa shape index (κ2) is 5.43. The molecule has 2 aromatic rings. The van der Waals surface area contributed by atoms with Crippen molar-refractivity contribution in [1.82, 2.24) is 0 Å². The molecule has 0 spiro atoms. The third kappa shape index (κ3) is 2.42. The molecule has 0 unspecified atom stereocenters. The average Bonchev–Trinajstić information content (AvgIpc) is 2.41. The van der Waals surface area contributed by atoms with E-state index in [0.717, 1.165) is 0 Å². The second-order valence-electron chi connectivity index (χ2n) is 4.45. The Morgan fingerprint density at radius 3 is 2.35 bits per heavy atom. The first-order valence-corrected chi connectivity index (χ1v) is 6.37. The van der Waals surface area contributed by atoms with Crippen molar-refractivity contribution in [3.05, 3.63) is 57.5 Å². The minimum Gasteiger partial charge on any atom is -0.294 e. The summed E-state index contributed by atoms with van der Waals surface area (Å²) >= 11 is 6.04. The third-order valence-corrected chi connectivity index (χ3v) is 3.52. The van der Waals surface area contributed by atoms with E-state index in [9.17, 15) is 14.9 Å². The molecule has 5 heteroatoms. The van der Waals surface area contributed by atoms with Crippen LogP contribution in [-0.2, 0) is 0 Å². The van der Waals surface area contributed by atoms with E-state index >= 15 is 0 Å². The molecule has 20 heavy (non-hydrogen) atoms. The second-order valence-corrected chi connectivity index (χ2v) is 4.86. The highest BCUT2D eigenvalue weighted by Crippen LogP contribution is 2.39. The molecule has 0 radical (unpaired) electrons. The Morgan fingerprint density at radius 2 is 1.85 bits per heavy atom. The smallest absolute Gasteiger partial charge is 0.294 e. The van der Waals surface area contributed by atoms with E-state index in [4.69, 9.17) is 11.6 Å². The number of nitrogens with zero attached hydrogens (tertiary/aromatic N) is 1. The van der Waals surface area contributed by atoms with Gasteiger partial charge in [0.1, 0.15) is 0 Å². The molecule has 0 aromatic heterocycles. The summed E-state index contributed by atoms with van der Waals surface area (Å²) in [6.45, 7) is 3.01. The predicted molar refractivity (Wildman–Crippen MR) is 76.7 cm³/mol. The van der Waals surface area contributed by atoms with Gasteiger partial charge in [-0.25, -0.2) is 5.21 Å². The maximum Gasteiger partial charge on any atom is 0.329 e. The molecule has 0 aliphatic heterocycles. The zero-order chi connectivity index (χ0) is 14.9. The van der Waals surface area contributed by atoms with E-state index in [1.807, 2.05) is 6.07 Å². The van der Waals surface area contributed by atoms with Gasteiger partial charge in [0.05, 0.1) is 21.1 Å². The summed E-state index contributed by atoms with van der Waals surface area (Å²) in [6.07, 6.45) is 0. The van der Waals surface area contributed by atoms with E-state index in [2.05, 4.69) is 0 Å². The fraction of sp³-hybridized carbons (Fsp3) is 0.133. The number of Topliss-reactive ketones (excluding diaryl/α,β-unsaturated/α-hetero) is 1. The Labute approximate surface area is 121 Å². The van der Waals surface area contributed by atoms with Gasteiger partial charge in [0.15, 0.2) is 5.78 Å². The number of hydrogen-bond acceptors (Lipinski definition) is 2. The van der Waals surface area contributed by atoms with Gasteiger partial charge >= 0.3 is 5.69 Å². The molecular formula is C15H13ClNO3+. The molecule has 0 atom stereocenters. The van der Waals surface area contributed by atoms with Gasteiger partial charge in [-0.05, 0) is 25.5 Å². The lowest BCUT2D eigenvalue weighted by Crippen LogP contribution is -2.05. The van der Waals surface area contributed by atoms with Crippen LogP contribution in [0.15, 0.2) is 36.4 Å². The van der Waals surface area contributed by atoms with Crippen LogP contribution >= 0.6 is 11.6 Å². The first kappa shape index (κ1) is 14.2. The fourth-order valence-corrected chi connectivity index (χ4v) is 2.35. The van der Waals surface area contributed by atoms with Crippen molar-refractivity contribution in [2.24, 2.45) is 0 Å². The molecule has 0 amide bonds. The van der Waals surface area contributed by atoms with Crippen molar-refractivity contribution in [3.63, 3.8) is 0 Å². The summed E-state index contributed by atoms with van der Waals surface area (Å²) in [7, 11) is 0. The maximum atomic E-state index is 11.8. The molecule has 0 aliphatic carbocycles. The number of carbonyl (C=O) groups is 1. The predicted octanol–water partition coefficient (Wildman–Crippen LogP) is 4.32. The highest BCUT2D eigenvalue weighted by atomic mass is 35.5. The summed E-state index contributed by atoms with van der Waals surface area (Å²) in [5, 5.41) is 9.65. The lowest BCUT2D eigenvalue weighted by atomic mass is 9.93. The summed E-state index contributed by atoms with van der Waals surface area (Å²) in [5.41, 5.74) is 1.78. The first-order valence-electron chi connectivity index (χ1n) is 5.99. The van der Waals surface area contributed by atoms with Crippen LogP contribution in [0.1, 0.15) is 22.8 Å². The minimum absolute atomic E-state index is 0.00565. The van der Waals surface area contributed by atoms with Crippen LogP contribution < -0.4 is 0 Å². The van der Waals surface area contributed by atoms with Crippen LogP contribution in [0.5, 0.6) is 0 Å². The van der Waals surface area contributed by atoms with Gasteiger partial charge in [-0.3, -0.25) is 4.79 Å². The van der Waals surface area contributed by atoms with Crippen molar-refractivity contribution in [1.29, 1.82) is 0 Å². The number of ketones is 1. The van der Waals surface area contributed by atoms with E-state index in [-0.39, 0.29) is 21.4 Å². The van der Waals surface area contributed by atoms with E-state index in [1.54, 1.807) is 31.2 Å². The van der Waals surface area contributed by atoms with Crippen molar-refractivity contribution in [3.8, 4) is 11.1 Å². The molecule has 0 saturated carbocycles. The summed E-state index contributed by atoms with van der Waals surface area (Å²) in [4.78, 5) is 23.1. The molecule has 2 aromatic carbocycles. The van der Waals surface area contributed by atoms with Crippen LogP contribution in [0.4, 0.5) is 5.69 Å². The monoisotopic (exact) mass is 290 g/mol. The number of halogens is 1. The molecule has 102 valence electrons. The van der Waals surface area contributed by atoms with Crippen molar-refractivity contribution in [2.45, 2.75) is 13.8 Å². The normalized spacial score (nSPS) is 10.3. The zero-order valence-electron chi connectivity index (χ0n) is 11.1. The van der Waals surface area contributed by atoms with E-state index in [1.165, 1.54) is 13.0 Å². The molecule has 0 fully saturated rings. The highest BCUT2D eigenvalue weighted by molar-refractivity contribution is 6.32. The number of benzene rings is 2. The largest absolute Gasteiger partial charge is 0.329 e. The molecular weight excluding hydrogens is 278 g/mol. The molecule has 0 saturated heterocycles. The van der Waals surface area contributed by atoms with Crippen LogP contribution in [0, 0.1) is 11.8 Å². The van der Waals surface area contributed by atoms with Gasteiger partial charge in [-0.15, -0.1) is 0 Å². The lowest BCUT2D eigenvalue weighted by molar-refractivity contribution is -0.729. The van der Waals surface area contributed by atoms with Gasteiger partial charge in [0.2, 0.25) is 0 Å². The minimum atomic E-state index is -0.240. The van der Waals surface area contributed by atoms with Crippen LogP contribution in [0.2, 0.25) is 5.02 Å². The summed E-state index contributed by atoms with van der Waals surface area (Å²) in [6, 6.07) is 10.5. The van der Waals surface area contributed by atoms with Gasteiger partial charge in [-0.1, -0.05) is 41.9 Å². The Kier molecular flexibility index (Phi) is 3.86. The summed E-state index contributed by atoms with van der Waals surface area (Å²) in [5.74, 6) is -0.228. The van der Waals surface area contributed by atoms with Crippen molar-refractivity contribution >= 4 is 23.1 Å². The standard InChI is InChI=1S/C15H13ClNO3/c1-9-13(16)8-12(10(2)18)14(15(9)17(19)20)11-6-4-3-5-7-11/h3-8H,1-2H3,(H,19,20)/q+1. The van der Waals surface area contributed by atoms with E-state index in [0.29, 0.717) is 22.3 Å². The molecule has 2 rings (SSSR count). The lowest BCUT2D eigenvalue weighted by Gasteiger charge is -2.10. The van der Waals surface area contributed by atoms with Gasteiger partial charge in [-0.2, -0.15) is 0 Å². The highest BCUT2D eigenvalue weighted by Gasteiger charge is 2.29. The number of rotatable bonds is 3. The molecule has 0 bridgehead atoms. The fourth-order valence-electron chi connectivity index (χ4n) is 2.15. The van der Waals surface area contributed by atoms with Crippen LogP contribution in [0.25, 0.3) is 11.1 Å². The van der Waals surface area contributed by atoms with Crippen molar-refractivity contribution < 1.29 is 14.9 Å². The molecule has 0 heterocycles. The Morgan fingerprint density at radius 1 is 1.25 bits per heavy atom. The quantitative estimate of drug-likeness (QED) is 0.676. The van der Waals surface area contributed by atoms with Gasteiger partial charge in [0, 0.05) is 5.56 Å². The number of hydrogen-bond donors (Lipinski definition) is 1. The molecule has 4 nitrogen and oxygen atoms in total. The van der Waals surface area contributed by atoms with Crippen LogP contribution in [-0.4, -0.2) is 15.9 Å². The third-order valence-electron chi connectivity index (χ3n) is 3.12. The summed E-state index contributed by atoms with van der Waals surface area (Å²) < 4.78 is 0. The topological polar surface area (TPSA) is 57.4 Å². The molecule has 0 aliphatic rings. The van der Waals surface area contributed by atoms with E-state index < -0.39 is 0 Å². The SMILES string of the molecule is CC(=O)c1cc(Cl)c(C)c([N+](=O)O)c1-c1ccccc1.